The number of hydrogen-bond acceptors (Lipinski definition) is 0. The van der Waals surface area contributed by atoms with Crippen LogP contribution in [0.5, 0.6) is 0 Å². The highest BCUT2D eigenvalue weighted by Crippen LogP contribution is 2.29. The second-order valence-electron chi connectivity index (χ2n) is 3.47. The number of allylic oxidation sites excluding steroid dienone is 2. The zero-order valence-electron chi connectivity index (χ0n) is 7.46. The maximum absolute atomic E-state index is 2.34. The van der Waals surface area contributed by atoms with Crippen LogP contribution in [-0.4, -0.2) is 0 Å². The molecule has 1 aliphatic rings. The summed E-state index contributed by atoms with van der Waals surface area (Å²) in [5.74, 6) is 0.686. The maximum atomic E-state index is 2.34. The molecule has 62 valence electrons. The Kier molecular flexibility index (Phi) is 1.99. The molecule has 2 rings (SSSR count). The largest absolute Gasteiger partial charge is 0.0879 e. The first-order valence-electron chi connectivity index (χ1n) is 4.60. The molecular weight excluding hydrogens is 144 g/mol. The third kappa shape index (κ3) is 1.29. The Hall–Kier alpha value is -1.04. The molecule has 0 bridgehead atoms. The first-order chi connectivity index (χ1) is 5.88. The van der Waals surface area contributed by atoms with Gasteiger partial charge in [0.2, 0.25) is 0 Å². The zero-order valence-corrected chi connectivity index (χ0v) is 7.46. The Morgan fingerprint density at radius 1 is 1.25 bits per heavy atom. The van der Waals surface area contributed by atoms with Gasteiger partial charge in [0.05, 0.1) is 0 Å². The van der Waals surface area contributed by atoms with Crippen LogP contribution in [0.2, 0.25) is 0 Å². The molecular formula is C12H14. The van der Waals surface area contributed by atoms with Crippen LogP contribution in [0.3, 0.4) is 0 Å². The van der Waals surface area contributed by atoms with Crippen LogP contribution in [0.15, 0.2) is 36.4 Å². The molecule has 1 atom stereocenters. The Labute approximate surface area is 73.9 Å². The summed E-state index contributed by atoms with van der Waals surface area (Å²) in [6.45, 7) is 2.20. The van der Waals surface area contributed by atoms with E-state index in [2.05, 4.69) is 43.3 Å². The minimum absolute atomic E-state index is 0.686. The van der Waals surface area contributed by atoms with Crippen molar-refractivity contribution in [2.45, 2.75) is 25.7 Å². The van der Waals surface area contributed by atoms with Gasteiger partial charge in [0, 0.05) is 5.92 Å². The van der Waals surface area contributed by atoms with Crippen LogP contribution in [0, 0.1) is 6.92 Å². The molecule has 0 spiro atoms. The first-order valence-corrected chi connectivity index (χ1v) is 4.60. The highest BCUT2D eigenvalue weighted by Gasteiger charge is 2.12. The van der Waals surface area contributed by atoms with Gasteiger partial charge in [-0.1, -0.05) is 36.4 Å². The van der Waals surface area contributed by atoms with Crippen LogP contribution < -0.4 is 0 Å². The molecule has 0 saturated carbocycles. The SMILES string of the molecule is Cc1ccccc1[C@@H]1C=CCC1. The van der Waals surface area contributed by atoms with Crippen molar-refractivity contribution < 1.29 is 0 Å². The summed E-state index contributed by atoms with van der Waals surface area (Å²) in [4.78, 5) is 0. The molecule has 0 heteroatoms. The molecule has 0 unspecified atom stereocenters. The van der Waals surface area contributed by atoms with Gasteiger partial charge in [0.15, 0.2) is 0 Å². The van der Waals surface area contributed by atoms with Gasteiger partial charge in [0.25, 0.3) is 0 Å². The summed E-state index contributed by atoms with van der Waals surface area (Å²) in [6, 6.07) is 8.68. The lowest BCUT2D eigenvalue weighted by molar-refractivity contribution is 0.795. The topological polar surface area (TPSA) is 0 Å². The summed E-state index contributed by atoms with van der Waals surface area (Å²) in [5, 5.41) is 0. The van der Waals surface area contributed by atoms with Crippen LogP contribution in [0.4, 0.5) is 0 Å². The molecule has 0 radical (unpaired) electrons. The number of hydrogen-bond donors (Lipinski definition) is 0. The maximum Gasteiger partial charge on any atom is 0.00235 e. The quantitative estimate of drug-likeness (QED) is 0.549. The van der Waals surface area contributed by atoms with E-state index in [1.807, 2.05) is 0 Å². The van der Waals surface area contributed by atoms with E-state index in [0.717, 1.165) is 0 Å². The summed E-state index contributed by atoms with van der Waals surface area (Å²) in [7, 11) is 0. The minimum atomic E-state index is 0.686. The van der Waals surface area contributed by atoms with E-state index in [4.69, 9.17) is 0 Å². The van der Waals surface area contributed by atoms with E-state index >= 15 is 0 Å². The molecule has 0 fully saturated rings. The van der Waals surface area contributed by atoms with Gasteiger partial charge >= 0.3 is 0 Å². The van der Waals surface area contributed by atoms with E-state index in [9.17, 15) is 0 Å². The van der Waals surface area contributed by atoms with Gasteiger partial charge in [-0.3, -0.25) is 0 Å². The summed E-state index contributed by atoms with van der Waals surface area (Å²) in [6.07, 6.45) is 7.17. The third-order valence-electron chi connectivity index (χ3n) is 2.60. The van der Waals surface area contributed by atoms with E-state index in [1.165, 1.54) is 24.0 Å². The van der Waals surface area contributed by atoms with Crippen molar-refractivity contribution in [3.63, 3.8) is 0 Å². The van der Waals surface area contributed by atoms with Gasteiger partial charge in [-0.05, 0) is 30.9 Å². The van der Waals surface area contributed by atoms with Gasteiger partial charge in [-0.25, -0.2) is 0 Å². The summed E-state index contributed by atoms with van der Waals surface area (Å²) in [5.41, 5.74) is 2.93. The van der Waals surface area contributed by atoms with E-state index in [0.29, 0.717) is 5.92 Å². The average molecular weight is 158 g/mol. The van der Waals surface area contributed by atoms with Gasteiger partial charge < -0.3 is 0 Å². The second-order valence-corrected chi connectivity index (χ2v) is 3.47. The summed E-state index contributed by atoms with van der Waals surface area (Å²) >= 11 is 0. The molecule has 1 aliphatic carbocycles. The van der Waals surface area contributed by atoms with Crippen LogP contribution in [-0.2, 0) is 0 Å². The van der Waals surface area contributed by atoms with Crippen molar-refractivity contribution in [3.8, 4) is 0 Å². The van der Waals surface area contributed by atoms with E-state index < -0.39 is 0 Å². The third-order valence-corrected chi connectivity index (χ3v) is 2.60. The Morgan fingerprint density at radius 2 is 2.08 bits per heavy atom. The Balaban J connectivity index is 2.33. The molecule has 0 saturated heterocycles. The van der Waals surface area contributed by atoms with Crippen LogP contribution >= 0.6 is 0 Å². The molecule has 12 heavy (non-hydrogen) atoms. The highest BCUT2D eigenvalue weighted by molar-refractivity contribution is 5.33. The standard InChI is InChI=1S/C12H14/c1-10-6-2-5-9-12(10)11-7-3-4-8-11/h2-3,5-7,9,11H,4,8H2,1H3/t11-/m1/s1. The molecule has 0 aliphatic heterocycles. The average Bonchev–Trinajstić information content (AvgIpc) is 2.57. The van der Waals surface area contributed by atoms with Crippen molar-refractivity contribution >= 4 is 0 Å². The first kappa shape index (κ1) is 7.60. The fourth-order valence-electron chi connectivity index (χ4n) is 1.89. The van der Waals surface area contributed by atoms with Crippen LogP contribution in [0.25, 0.3) is 0 Å². The normalized spacial score (nSPS) is 21.6. The highest BCUT2D eigenvalue weighted by atomic mass is 14.2. The lowest BCUT2D eigenvalue weighted by Gasteiger charge is -2.10. The summed E-state index contributed by atoms with van der Waals surface area (Å²) < 4.78 is 0. The smallest absolute Gasteiger partial charge is 0.00235 e. The fraction of sp³-hybridized carbons (Fsp3) is 0.333. The fourth-order valence-corrected chi connectivity index (χ4v) is 1.89. The molecule has 0 amide bonds. The van der Waals surface area contributed by atoms with Crippen molar-refractivity contribution in [3.05, 3.63) is 47.5 Å². The lowest BCUT2D eigenvalue weighted by atomic mass is 9.95. The van der Waals surface area contributed by atoms with Gasteiger partial charge in [-0.2, -0.15) is 0 Å². The Morgan fingerprint density at radius 3 is 2.75 bits per heavy atom. The molecule has 0 nitrogen and oxygen atoms in total. The molecule has 0 heterocycles. The number of aryl methyl sites for hydroxylation is 1. The van der Waals surface area contributed by atoms with Crippen molar-refractivity contribution in [1.29, 1.82) is 0 Å². The predicted molar refractivity (Wildman–Crippen MR) is 52.3 cm³/mol. The minimum Gasteiger partial charge on any atom is -0.0879 e. The number of rotatable bonds is 1. The Bertz CT molecular complexity index is 297. The molecule has 0 N–H and O–H groups in total. The van der Waals surface area contributed by atoms with Gasteiger partial charge in [0.1, 0.15) is 0 Å². The van der Waals surface area contributed by atoms with E-state index in [-0.39, 0.29) is 0 Å². The van der Waals surface area contributed by atoms with E-state index in [1.54, 1.807) is 0 Å². The van der Waals surface area contributed by atoms with Crippen molar-refractivity contribution in [2.75, 3.05) is 0 Å². The van der Waals surface area contributed by atoms with Crippen molar-refractivity contribution in [2.24, 2.45) is 0 Å². The molecule has 1 aromatic rings. The lowest BCUT2D eigenvalue weighted by Crippen LogP contribution is -1.93. The second kappa shape index (κ2) is 3.14. The predicted octanol–water partition coefficient (Wildman–Crippen LogP) is 3.43. The van der Waals surface area contributed by atoms with Gasteiger partial charge in [-0.15, -0.1) is 0 Å². The molecule has 0 aromatic heterocycles. The number of benzene rings is 1. The van der Waals surface area contributed by atoms with Crippen LogP contribution in [0.1, 0.15) is 29.9 Å². The monoisotopic (exact) mass is 158 g/mol. The zero-order chi connectivity index (χ0) is 8.39. The molecule has 1 aromatic carbocycles. The van der Waals surface area contributed by atoms with Crippen molar-refractivity contribution in [1.82, 2.24) is 0 Å².